The lowest BCUT2D eigenvalue weighted by atomic mass is 10.1. The summed E-state index contributed by atoms with van der Waals surface area (Å²) in [6.07, 6.45) is 2.20. The van der Waals surface area contributed by atoms with Gasteiger partial charge in [0.25, 0.3) is 17.7 Å². The van der Waals surface area contributed by atoms with Gasteiger partial charge in [0.05, 0.1) is 28.4 Å². The lowest BCUT2D eigenvalue weighted by Gasteiger charge is -2.25. The average Bonchev–Trinajstić information content (AvgIpc) is 3.28. The average molecular weight is 355 g/mol. The minimum atomic E-state index is -0.475. The number of thiocarbonyl (C=S) groups is 1. The second-order valence-corrected chi connectivity index (χ2v) is 7.34. The van der Waals surface area contributed by atoms with Crippen molar-refractivity contribution in [3.8, 4) is 6.07 Å². The number of fused-ring (bicyclic) bond motifs is 1. The Balaban J connectivity index is 1.61. The summed E-state index contributed by atoms with van der Waals surface area (Å²) in [4.78, 5) is 37.3. The Morgan fingerprint density at radius 3 is 2.33 bits per heavy atom. The SMILES string of the molecule is N#Cc1ccc(/C=C2\SC(=S)N(N3C(=O)[C@@H]4C[C@H]4C3=O)C2=O)cc1. The van der Waals surface area contributed by atoms with E-state index in [1.54, 1.807) is 30.3 Å². The van der Waals surface area contributed by atoms with Gasteiger partial charge in [-0.3, -0.25) is 14.4 Å². The predicted molar refractivity (Wildman–Crippen MR) is 89.6 cm³/mol. The van der Waals surface area contributed by atoms with Crippen LogP contribution in [-0.4, -0.2) is 32.1 Å². The quantitative estimate of drug-likeness (QED) is 0.456. The maximum absolute atomic E-state index is 12.6. The summed E-state index contributed by atoms with van der Waals surface area (Å²) < 4.78 is 0.169. The molecule has 0 bridgehead atoms. The van der Waals surface area contributed by atoms with Crippen molar-refractivity contribution in [1.82, 2.24) is 10.0 Å². The van der Waals surface area contributed by atoms with Crippen molar-refractivity contribution in [2.75, 3.05) is 0 Å². The molecule has 118 valence electrons. The number of carbonyl (C=O) groups is 3. The highest BCUT2D eigenvalue weighted by molar-refractivity contribution is 8.26. The van der Waals surface area contributed by atoms with Crippen LogP contribution in [0.4, 0.5) is 0 Å². The first-order valence-electron chi connectivity index (χ1n) is 7.17. The third-order valence-corrected chi connectivity index (χ3v) is 5.44. The van der Waals surface area contributed by atoms with E-state index in [-0.39, 0.29) is 28.0 Å². The Labute approximate surface area is 146 Å². The topological polar surface area (TPSA) is 81.5 Å². The lowest BCUT2D eigenvalue weighted by molar-refractivity contribution is -0.160. The summed E-state index contributed by atoms with van der Waals surface area (Å²) in [6, 6.07) is 8.74. The fourth-order valence-corrected chi connectivity index (χ4v) is 4.04. The van der Waals surface area contributed by atoms with Crippen LogP contribution in [-0.2, 0) is 14.4 Å². The molecule has 3 fully saturated rings. The van der Waals surface area contributed by atoms with Gasteiger partial charge >= 0.3 is 0 Å². The van der Waals surface area contributed by atoms with E-state index in [0.29, 0.717) is 16.9 Å². The third kappa shape index (κ3) is 2.17. The van der Waals surface area contributed by atoms with E-state index in [9.17, 15) is 14.4 Å². The molecule has 0 spiro atoms. The van der Waals surface area contributed by atoms with Crippen LogP contribution in [0.1, 0.15) is 17.5 Å². The molecule has 24 heavy (non-hydrogen) atoms. The van der Waals surface area contributed by atoms with E-state index in [2.05, 4.69) is 0 Å². The van der Waals surface area contributed by atoms with Crippen LogP contribution < -0.4 is 0 Å². The van der Waals surface area contributed by atoms with Gasteiger partial charge in [-0.2, -0.15) is 15.3 Å². The highest BCUT2D eigenvalue weighted by Crippen LogP contribution is 2.49. The van der Waals surface area contributed by atoms with Gasteiger partial charge in [-0.05, 0) is 42.4 Å². The minimum Gasteiger partial charge on any atom is -0.272 e. The van der Waals surface area contributed by atoms with E-state index in [1.165, 1.54) is 0 Å². The summed E-state index contributed by atoms with van der Waals surface area (Å²) >= 11 is 6.24. The zero-order valence-corrected chi connectivity index (χ0v) is 13.8. The van der Waals surface area contributed by atoms with Gasteiger partial charge in [0.15, 0.2) is 4.32 Å². The number of nitriles is 1. The fraction of sp³-hybridized carbons (Fsp3) is 0.188. The highest BCUT2D eigenvalue weighted by Gasteiger charge is 2.62. The second kappa shape index (κ2) is 5.26. The molecule has 0 radical (unpaired) electrons. The van der Waals surface area contributed by atoms with Gasteiger partial charge in [-0.1, -0.05) is 23.9 Å². The number of hydrogen-bond acceptors (Lipinski definition) is 6. The standard InChI is InChI=1S/C16H9N3O3S2/c17-7-9-3-1-8(2-4-9)5-12-15(22)19(16(23)24-12)18-13(20)10-6-11(10)14(18)21/h1-5,10-11H,6H2/b12-5-/t10-,11-/m1/s1. The molecule has 3 aliphatic rings. The first-order chi connectivity index (χ1) is 11.5. The van der Waals surface area contributed by atoms with Gasteiger partial charge in [-0.15, -0.1) is 0 Å². The molecule has 0 unspecified atom stereocenters. The van der Waals surface area contributed by atoms with Crippen LogP contribution in [0, 0.1) is 23.2 Å². The Bertz CT molecular complexity index is 865. The van der Waals surface area contributed by atoms with Crippen molar-refractivity contribution in [1.29, 1.82) is 5.26 Å². The summed E-state index contributed by atoms with van der Waals surface area (Å²) in [5.74, 6) is -1.74. The van der Waals surface area contributed by atoms with Crippen molar-refractivity contribution in [3.63, 3.8) is 0 Å². The van der Waals surface area contributed by atoms with Crippen LogP contribution in [0.15, 0.2) is 29.2 Å². The number of hydrazine groups is 1. The summed E-state index contributed by atoms with van der Waals surface area (Å²) in [6.45, 7) is 0. The number of nitrogens with zero attached hydrogens (tertiary/aromatic N) is 3. The van der Waals surface area contributed by atoms with Gasteiger partial charge < -0.3 is 0 Å². The number of carbonyl (C=O) groups excluding carboxylic acids is 3. The summed E-state index contributed by atoms with van der Waals surface area (Å²) in [5, 5.41) is 10.7. The first kappa shape index (κ1) is 15.1. The van der Waals surface area contributed by atoms with Crippen molar-refractivity contribution in [2.24, 2.45) is 11.8 Å². The molecule has 1 aromatic carbocycles. The Kier molecular flexibility index (Phi) is 3.30. The van der Waals surface area contributed by atoms with Gasteiger partial charge in [-0.25, -0.2) is 0 Å². The molecule has 1 aromatic rings. The van der Waals surface area contributed by atoms with Crippen LogP contribution in [0.2, 0.25) is 0 Å². The molecule has 2 saturated heterocycles. The largest absolute Gasteiger partial charge is 0.285 e. The molecular weight excluding hydrogens is 346 g/mol. The highest BCUT2D eigenvalue weighted by atomic mass is 32.2. The molecule has 0 aromatic heterocycles. The Hall–Kier alpha value is -2.50. The fourth-order valence-electron chi connectivity index (χ4n) is 2.80. The monoisotopic (exact) mass is 355 g/mol. The molecule has 4 rings (SSSR count). The van der Waals surface area contributed by atoms with E-state index < -0.39 is 5.91 Å². The number of thioether (sulfide) groups is 1. The number of amides is 3. The number of hydrogen-bond donors (Lipinski definition) is 0. The number of benzene rings is 1. The second-order valence-electron chi connectivity index (χ2n) is 5.66. The van der Waals surface area contributed by atoms with Crippen molar-refractivity contribution < 1.29 is 14.4 Å². The molecule has 3 amide bonds. The van der Waals surface area contributed by atoms with Crippen molar-refractivity contribution >= 4 is 52.1 Å². The van der Waals surface area contributed by atoms with Crippen LogP contribution in [0.5, 0.6) is 0 Å². The van der Waals surface area contributed by atoms with E-state index in [4.69, 9.17) is 17.5 Å². The number of piperidine rings is 1. The van der Waals surface area contributed by atoms with Crippen molar-refractivity contribution in [3.05, 3.63) is 40.3 Å². The zero-order chi connectivity index (χ0) is 17.0. The smallest absolute Gasteiger partial charge is 0.272 e. The molecule has 1 saturated carbocycles. The maximum atomic E-state index is 12.6. The minimum absolute atomic E-state index is 0.169. The molecule has 2 atom stereocenters. The van der Waals surface area contributed by atoms with E-state index in [1.807, 2.05) is 6.07 Å². The Morgan fingerprint density at radius 1 is 1.12 bits per heavy atom. The molecule has 8 heteroatoms. The van der Waals surface area contributed by atoms with Gasteiger partial charge in [0.2, 0.25) is 0 Å². The maximum Gasteiger partial charge on any atom is 0.285 e. The molecular formula is C16H9N3O3S2. The Morgan fingerprint density at radius 2 is 1.75 bits per heavy atom. The normalized spacial score (nSPS) is 27.0. The number of rotatable bonds is 2. The number of imide groups is 1. The van der Waals surface area contributed by atoms with Gasteiger partial charge in [0.1, 0.15) is 0 Å². The zero-order valence-electron chi connectivity index (χ0n) is 12.1. The molecule has 2 aliphatic heterocycles. The molecule has 6 nitrogen and oxygen atoms in total. The van der Waals surface area contributed by atoms with E-state index in [0.717, 1.165) is 27.3 Å². The van der Waals surface area contributed by atoms with Crippen LogP contribution in [0.25, 0.3) is 6.08 Å². The van der Waals surface area contributed by atoms with Gasteiger partial charge in [0, 0.05) is 0 Å². The predicted octanol–water partition coefficient (Wildman–Crippen LogP) is 1.68. The van der Waals surface area contributed by atoms with Crippen LogP contribution >= 0.6 is 24.0 Å². The lowest BCUT2D eigenvalue weighted by Crippen LogP contribution is -2.50. The molecule has 2 heterocycles. The third-order valence-electron chi connectivity index (χ3n) is 4.15. The summed E-state index contributed by atoms with van der Waals surface area (Å²) in [7, 11) is 0. The molecule has 0 N–H and O–H groups in total. The molecule has 1 aliphatic carbocycles. The first-order valence-corrected chi connectivity index (χ1v) is 8.39. The summed E-state index contributed by atoms with van der Waals surface area (Å²) in [5.41, 5.74) is 1.25. The van der Waals surface area contributed by atoms with Crippen molar-refractivity contribution in [2.45, 2.75) is 6.42 Å². The van der Waals surface area contributed by atoms with E-state index >= 15 is 0 Å². The van der Waals surface area contributed by atoms with Crippen LogP contribution in [0.3, 0.4) is 0 Å².